The monoisotopic (exact) mass is 542 g/mol. The van der Waals surface area contributed by atoms with E-state index in [2.05, 4.69) is 31.2 Å². The van der Waals surface area contributed by atoms with Gasteiger partial charge >= 0.3 is 0 Å². The number of methoxy groups -OCH3 is 1. The number of ether oxygens (including phenoxy) is 4. The fourth-order valence-electron chi connectivity index (χ4n) is 5.22. The summed E-state index contributed by atoms with van der Waals surface area (Å²) in [6.45, 7) is 6.21. The molecule has 39 heavy (non-hydrogen) atoms. The Bertz CT molecular complexity index is 987. The highest BCUT2D eigenvalue weighted by Gasteiger charge is 2.24. The molecule has 1 aliphatic heterocycles. The van der Waals surface area contributed by atoms with E-state index in [9.17, 15) is 9.18 Å². The third-order valence-corrected chi connectivity index (χ3v) is 7.29. The number of hydrogen-bond acceptors (Lipinski definition) is 5. The van der Waals surface area contributed by atoms with Gasteiger partial charge in [0.15, 0.2) is 17.3 Å². The molecule has 0 aromatic heterocycles. The van der Waals surface area contributed by atoms with Crippen LogP contribution in [0.2, 0.25) is 0 Å². The van der Waals surface area contributed by atoms with E-state index in [-0.39, 0.29) is 30.5 Å². The standard InChI is InChI=1S/C33H47FO5/c1-5-37-28-18-12-7-6-9-16-26(17-13-21-38-30(23-28)25-14-10-8-11-15-25)32(35)27-19-20-29(31(22-27)36-4)39-24-33(2,3)34/h8,10-11,14-15,19-20,22,26,28,30H,5-7,9,12-13,16-18,21,23-24H2,1-4H3. The van der Waals surface area contributed by atoms with Crippen molar-refractivity contribution in [2.24, 2.45) is 5.92 Å². The van der Waals surface area contributed by atoms with Crippen molar-refractivity contribution in [1.29, 1.82) is 0 Å². The molecule has 0 radical (unpaired) electrons. The largest absolute Gasteiger partial charge is 0.493 e. The Labute approximate surface area is 234 Å². The van der Waals surface area contributed by atoms with E-state index in [1.807, 2.05) is 6.07 Å². The summed E-state index contributed by atoms with van der Waals surface area (Å²) in [7, 11) is 1.54. The molecule has 1 aliphatic rings. The van der Waals surface area contributed by atoms with E-state index in [0.717, 1.165) is 57.8 Å². The first-order valence-electron chi connectivity index (χ1n) is 14.6. The summed E-state index contributed by atoms with van der Waals surface area (Å²) in [5.41, 5.74) is 0.316. The average molecular weight is 543 g/mol. The molecule has 0 aliphatic carbocycles. The van der Waals surface area contributed by atoms with Gasteiger partial charge < -0.3 is 18.9 Å². The van der Waals surface area contributed by atoms with Crippen LogP contribution in [0.4, 0.5) is 4.39 Å². The lowest BCUT2D eigenvalue weighted by Gasteiger charge is -2.25. The van der Waals surface area contributed by atoms with Crippen LogP contribution in [0.25, 0.3) is 0 Å². The van der Waals surface area contributed by atoms with Crippen LogP contribution < -0.4 is 9.47 Å². The third-order valence-electron chi connectivity index (χ3n) is 7.29. The Morgan fingerprint density at radius 2 is 1.69 bits per heavy atom. The second-order valence-corrected chi connectivity index (χ2v) is 11.2. The molecule has 3 unspecified atom stereocenters. The summed E-state index contributed by atoms with van der Waals surface area (Å²) in [6, 6.07) is 15.6. The Morgan fingerprint density at radius 1 is 0.974 bits per heavy atom. The van der Waals surface area contributed by atoms with Crippen molar-refractivity contribution in [3.63, 3.8) is 0 Å². The lowest BCUT2D eigenvalue weighted by Crippen LogP contribution is -2.23. The zero-order valence-corrected chi connectivity index (χ0v) is 24.3. The summed E-state index contributed by atoms with van der Waals surface area (Å²) in [5.74, 6) is 0.929. The van der Waals surface area contributed by atoms with Crippen molar-refractivity contribution >= 4 is 5.78 Å². The van der Waals surface area contributed by atoms with Gasteiger partial charge in [-0.25, -0.2) is 4.39 Å². The molecule has 0 bridgehead atoms. The fraction of sp³-hybridized carbons (Fsp3) is 0.606. The predicted octanol–water partition coefficient (Wildman–Crippen LogP) is 8.31. The highest BCUT2D eigenvalue weighted by molar-refractivity contribution is 5.98. The van der Waals surface area contributed by atoms with Gasteiger partial charge in [-0.1, -0.05) is 56.0 Å². The molecule has 0 amide bonds. The van der Waals surface area contributed by atoms with Crippen molar-refractivity contribution in [2.75, 3.05) is 26.9 Å². The van der Waals surface area contributed by atoms with Crippen LogP contribution in [0, 0.1) is 5.92 Å². The SMILES string of the molecule is CCOC1CCCCCCC(C(=O)c2ccc(OCC(C)(C)F)c(OC)c2)CCCOC(c2ccccc2)C1. The molecule has 0 saturated carbocycles. The van der Waals surface area contributed by atoms with Gasteiger partial charge in [-0.15, -0.1) is 0 Å². The number of halogens is 1. The maximum Gasteiger partial charge on any atom is 0.166 e. The minimum Gasteiger partial charge on any atom is -0.493 e. The van der Waals surface area contributed by atoms with E-state index in [1.54, 1.807) is 18.2 Å². The summed E-state index contributed by atoms with van der Waals surface area (Å²) >= 11 is 0. The second-order valence-electron chi connectivity index (χ2n) is 11.2. The third kappa shape index (κ3) is 10.6. The smallest absolute Gasteiger partial charge is 0.166 e. The first-order chi connectivity index (χ1) is 18.8. The molecule has 1 fully saturated rings. The van der Waals surface area contributed by atoms with Crippen molar-refractivity contribution in [3.05, 3.63) is 59.7 Å². The maximum absolute atomic E-state index is 13.9. The molecule has 0 spiro atoms. The fourth-order valence-corrected chi connectivity index (χ4v) is 5.22. The van der Waals surface area contributed by atoms with Crippen LogP contribution in [0.5, 0.6) is 11.5 Å². The molecule has 1 saturated heterocycles. The number of ketones is 1. The van der Waals surface area contributed by atoms with Crippen LogP contribution in [-0.4, -0.2) is 44.5 Å². The van der Waals surface area contributed by atoms with Crippen molar-refractivity contribution in [1.82, 2.24) is 0 Å². The zero-order chi connectivity index (χ0) is 28.1. The first-order valence-corrected chi connectivity index (χ1v) is 14.6. The summed E-state index contributed by atoms with van der Waals surface area (Å²) in [6.07, 6.45) is 8.84. The summed E-state index contributed by atoms with van der Waals surface area (Å²) in [5, 5.41) is 0. The number of hydrogen-bond donors (Lipinski definition) is 0. The Morgan fingerprint density at radius 3 is 2.38 bits per heavy atom. The molecule has 2 aromatic carbocycles. The molecule has 3 atom stereocenters. The number of benzene rings is 2. The van der Waals surface area contributed by atoms with Crippen molar-refractivity contribution < 1.29 is 28.1 Å². The molecule has 5 nitrogen and oxygen atoms in total. The van der Waals surface area contributed by atoms with Crippen LogP contribution in [0.3, 0.4) is 0 Å². The number of carbonyl (C=O) groups is 1. The van der Waals surface area contributed by atoms with Gasteiger partial charge in [-0.2, -0.15) is 0 Å². The van der Waals surface area contributed by atoms with Crippen molar-refractivity contribution in [2.45, 2.75) is 96.4 Å². The zero-order valence-electron chi connectivity index (χ0n) is 24.3. The Hall–Kier alpha value is -2.44. The van der Waals surface area contributed by atoms with Gasteiger partial charge in [-0.05, 0) is 70.2 Å². The highest BCUT2D eigenvalue weighted by Crippen LogP contribution is 2.32. The lowest BCUT2D eigenvalue weighted by atomic mass is 9.88. The van der Waals surface area contributed by atoms with Gasteiger partial charge in [0, 0.05) is 31.1 Å². The quantitative estimate of drug-likeness (QED) is 0.298. The maximum atomic E-state index is 13.9. The number of Topliss-reactive ketones (excluding diaryl/α,β-unsaturated/α-hetero) is 1. The Balaban J connectivity index is 1.70. The number of alkyl halides is 1. The molecule has 2 aromatic rings. The van der Waals surface area contributed by atoms with Crippen molar-refractivity contribution in [3.8, 4) is 11.5 Å². The normalized spacial score (nSPS) is 22.0. The van der Waals surface area contributed by atoms with E-state index < -0.39 is 5.67 Å². The van der Waals surface area contributed by atoms with Gasteiger partial charge in [0.05, 0.1) is 19.3 Å². The predicted molar refractivity (Wildman–Crippen MR) is 154 cm³/mol. The van der Waals surface area contributed by atoms with Crippen LogP contribution in [0.1, 0.15) is 101 Å². The van der Waals surface area contributed by atoms with Crippen LogP contribution >= 0.6 is 0 Å². The minimum atomic E-state index is -1.46. The second kappa shape index (κ2) is 16.0. The van der Waals surface area contributed by atoms with Gasteiger partial charge in [0.25, 0.3) is 0 Å². The van der Waals surface area contributed by atoms with E-state index in [0.29, 0.717) is 30.3 Å². The topological polar surface area (TPSA) is 54.0 Å². The summed E-state index contributed by atoms with van der Waals surface area (Å²) < 4.78 is 37.6. The molecule has 6 heteroatoms. The lowest BCUT2D eigenvalue weighted by molar-refractivity contribution is -0.0207. The molecular weight excluding hydrogens is 495 g/mol. The first kappa shape index (κ1) is 31.1. The van der Waals surface area contributed by atoms with E-state index in [1.165, 1.54) is 26.5 Å². The molecule has 0 N–H and O–H groups in total. The van der Waals surface area contributed by atoms with Gasteiger partial charge in [0.2, 0.25) is 0 Å². The van der Waals surface area contributed by atoms with Gasteiger partial charge in [-0.3, -0.25) is 4.79 Å². The number of carbonyl (C=O) groups excluding carboxylic acids is 1. The average Bonchev–Trinajstić information content (AvgIpc) is 2.93. The molecular formula is C33H47FO5. The van der Waals surface area contributed by atoms with Crippen LogP contribution in [-0.2, 0) is 9.47 Å². The van der Waals surface area contributed by atoms with Gasteiger partial charge in [0.1, 0.15) is 12.3 Å². The van der Waals surface area contributed by atoms with E-state index >= 15 is 0 Å². The summed E-state index contributed by atoms with van der Waals surface area (Å²) in [4.78, 5) is 13.6. The molecule has 3 rings (SSSR count). The Kier molecular flexibility index (Phi) is 12.7. The van der Waals surface area contributed by atoms with Crippen LogP contribution in [0.15, 0.2) is 48.5 Å². The highest BCUT2D eigenvalue weighted by atomic mass is 19.1. The molecule has 1 heterocycles. The van der Waals surface area contributed by atoms with E-state index in [4.69, 9.17) is 18.9 Å². The minimum absolute atomic E-state index is 0.0223. The molecule has 216 valence electrons. The number of rotatable bonds is 9.